The van der Waals surface area contributed by atoms with Gasteiger partial charge in [0.2, 0.25) is 0 Å². The highest BCUT2D eigenvalue weighted by atomic mass is 16.1. The van der Waals surface area contributed by atoms with Crippen LogP contribution in [0.5, 0.6) is 0 Å². The third-order valence-corrected chi connectivity index (χ3v) is 5.62. The smallest absolute Gasteiger partial charge is 0.135 e. The molecule has 0 rings (SSSR count). The Balaban J connectivity index is 3.09. The highest BCUT2D eigenvalue weighted by Crippen LogP contribution is 2.14. The van der Waals surface area contributed by atoms with Gasteiger partial charge in [0.25, 0.3) is 0 Å². The Morgan fingerprint density at radius 2 is 0.929 bits per heavy atom. The first kappa shape index (κ1) is 27.2. The summed E-state index contributed by atoms with van der Waals surface area (Å²) in [5.41, 5.74) is 0. The lowest BCUT2D eigenvalue weighted by Gasteiger charge is -2.04. The molecule has 0 spiro atoms. The maximum Gasteiger partial charge on any atom is 0.135 e. The van der Waals surface area contributed by atoms with Crippen molar-refractivity contribution in [2.75, 3.05) is 0 Å². The molecule has 0 aromatic heterocycles. The Bertz CT molecular complexity index is 385. The van der Waals surface area contributed by atoms with E-state index in [-0.39, 0.29) is 5.92 Å². The molecule has 28 heavy (non-hydrogen) atoms. The Morgan fingerprint density at radius 1 is 0.571 bits per heavy atom. The fraction of sp³-hybridized carbons (Fsp3) is 0.889. The summed E-state index contributed by atoms with van der Waals surface area (Å²) in [6.45, 7) is 6.21. The van der Waals surface area contributed by atoms with Gasteiger partial charge in [-0.15, -0.1) is 11.8 Å². The summed E-state index contributed by atoms with van der Waals surface area (Å²) in [4.78, 5) is 11.5. The molecular formula is C27H50O. The number of carbonyl (C=O) groups is 1. The molecule has 0 atom stereocenters. The van der Waals surface area contributed by atoms with Crippen LogP contribution < -0.4 is 0 Å². The molecular weight excluding hydrogens is 340 g/mol. The maximum atomic E-state index is 11.5. The third kappa shape index (κ3) is 21.5. The fourth-order valence-electron chi connectivity index (χ4n) is 3.58. The highest BCUT2D eigenvalue weighted by Gasteiger charge is 2.05. The Hall–Kier alpha value is -0.770. The molecule has 0 radical (unpaired) electrons. The molecule has 0 aromatic carbocycles. The molecule has 0 bridgehead atoms. The normalized spacial score (nSPS) is 10.9. The minimum absolute atomic E-state index is 0.223. The van der Waals surface area contributed by atoms with Crippen molar-refractivity contribution in [3.63, 3.8) is 0 Å². The average Bonchev–Trinajstić information content (AvgIpc) is 2.68. The summed E-state index contributed by atoms with van der Waals surface area (Å²) in [6.07, 6.45) is 26.1. The van der Waals surface area contributed by atoms with Gasteiger partial charge in [-0.25, -0.2) is 0 Å². The lowest BCUT2D eigenvalue weighted by molar-refractivity contribution is -0.122. The van der Waals surface area contributed by atoms with Crippen LogP contribution in [0.15, 0.2) is 0 Å². The van der Waals surface area contributed by atoms with Gasteiger partial charge in [0.1, 0.15) is 5.78 Å². The Morgan fingerprint density at radius 3 is 1.32 bits per heavy atom. The zero-order valence-corrected chi connectivity index (χ0v) is 19.6. The van der Waals surface area contributed by atoms with E-state index in [0.717, 1.165) is 25.7 Å². The largest absolute Gasteiger partial charge is 0.299 e. The van der Waals surface area contributed by atoms with E-state index in [1.165, 1.54) is 103 Å². The van der Waals surface area contributed by atoms with E-state index in [9.17, 15) is 4.79 Å². The molecule has 0 saturated heterocycles. The second kappa shape index (κ2) is 22.5. The van der Waals surface area contributed by atoms with Crippen molar-refractivity contribution in [2.45, 2.75) is 149 Å². The van der Waals surface area contributed by atoms with Crippen LogP contribution in [-0.2, 0) is 4.79 Å². The van der Waals surface area contributed by atoms with Gasteiger partial charge in [-0.05, 0) is 19.3 Å². The highest BCUT2D eigenvalue weighted by molar-refractivity contribution is 5.80. The summed E-state index contributed by atoms with van der Waals surface area (Å²) < 4.78 is 0. The summed E-state index contributed by atoms with van der Waals surface area (Å²) in [5.74, 6) is 7.18. The molecule has 1 heteroatoms. The zero-order chi connectivity index (χ0) is 20.7. The molecule has 0 saturated carbocycles. The topological polar surface area (TPSA) is 17.1 Å². The predicted molar refractivity (Wildman–Crippen MR) is 126 cm³/mol. The van der Waals surface area contributed by atoms with Gasteiger partial charge < -0.3 is 0 Å². The van der Waals surface area contributed by atoms with Crippen molar-refractivity contribution in [1.82, 2.24) is 0 Å². The number of carbonyl (C=O) groups excluding carboxylic acids is 1. The van der Waals surface area contributed by atoms with E-state index >= 15 is 0 Å². The number of rotatable bonds is 20. The lowest BCUT2D eigenvalue weighted by Crippen LogP contribution is -2.05. The molecule has 0 fully saturated rings. The third-order valence-electron chi connectivity index (χ3n) is 5.62. The minimum Gasteiger partial charge on any atom is -0.299 e. The fourth-order valence-corrected chi connectivity index (χ4v) is 3.58. The number of unbranched alkanes of at least 4 members (excludes halogenated alkanes) is 17. The van der Waals surface area contributed by atoms with Crippen LogP contribution in [0.25, 0.3) is 0 Å². The average molecular weight is 391 g/mol. The number of hydrogen-bond acceptors (Lipinski definition) is 1. The van der Waals surface area contributed by atoms with Crippen LogP contribution in [0.4, 0.5) is 0 Å². The first-order chi connectivity index (χ1) is 13.7. The standard InChI is InChI=1S/C27H50O/c1-4-5-6-7-8-9-10-11-12-13-14-15-16-17-18-19-20-21-22-23-24-25-27(28)26(2)3/h26H,4-5,8-25H2,1-3H3. The SMILES string of the molecule is CCCC#CCCCCCCCCCCCCCCCCCCC(=O)C(C)C. The van der Waals surface area contributed by atoms with Crippen molar-refractivity contribution >= 4 is 5.78 Å². The van der Waals surface area contributed by atoms with Crippen LogP contribution in [0, 0.1) is 17.8 Å². The summed E-state index contributed by atoms with van der Waals surface area (Å²) in [6, 6.07) is 0. The molecule has 0 N–H and O–H groups in total. The van der Waals surface area contributed by atoms with Crippen LogP contribution in [0.1, 0.15) is 149 Å². The number of Topliss-reactive ketones (excluding diaryl/α,β-unsaturated/α-hetero) is 1. The van der Waals surface area contributed by atoms with Crippen molar-refractivity contribution < 1.29 is 4.79 Å². The monoisotopic (exact) mass is 390 g/mol. The van der Waals surface area contributed by atoms with Gasteiger partial charge in [-0.2, -0.15) is 0 Å². The molecule has 0 amide bonds. The number of hydrogen-bond donors (Lipinski definition) is 0. The van der Waals surface area contributed by atoms with Crippen molar-refractivity contribution in [1.29, 1.82) is 0 Å². The van der Waals surface area contributed by atoms with Gasteiger partial charge in [0, 0.05) is 25.2 Å². The quantitative estimate of drug-likeness (QED) is 0.150. The van der Waals surface area contributed by atoms with Crippen molar-refractivity contribution in [2.24, 2.45) is 5.92 Å². The van der Waals surface area contributed by atoms with Crippen molar-refractivity contribution in [3.8, 4) is 11.8 Å². The Labute approximate surface area is 177 Å². The van der Waals surface area contributed by atoms with E-state index in [0.29, 0.717) is 5.78 Å². The number of ketones is 1. The van der Waals surface area contributed by atoms with Crippen LogP contribution >= 0.6 is 0 Å². The van der Waals surface area contributed by atoms with E-state index in [1.54, 1.807) is 0 Å². The van der Waals surface area contributed by atoms with Gasteiger partial charge in [-0.1, -0.05) is 111 Å². The second-order valence-electron chi connectivity index (χ2n) is 8.88. The van der Waals surface area contributed by atoms with Gasteiger partial charge in [0.05, 0.1) is 0 Å². The van der Waals surface area contributed by atoms with Crippen LogP contribution in [0.2, 0.25) is 0 Å². The van der Waals surface area contributed by atoms with E-state index < -0.39 is 0 Å². The van der Waals surface area contributed by atoms with Crippen LogP contribution in [0.3, 0.4) is 0 Å². The molecule has 164 valence electrons. The van der Waals surface area contributed by atoms with E-state index in [2.05, 4.69) is 18.8 Å². The molecule has 0 aromatic rings. The molecule has 1 nitrogen and oxygen atoms in total. The molecule has 0 aliphatic heterocycles. The lowest BCUT2D eigenvalue weighted by atomic mass is 10.0. The Kier molecular flexibility index (Phi) is 21.9. The van der Waals surface area contributed by atoms with Gasteiger partial charge in [0.15, 0.2) is 0 Å². The summed E-state index contributed by atoms with van der Waals surface area (Å²) >= 11 is 0. The molecule has 0 aliphatic rings. The molecule has 0 unspecified atom stereocenters. The van der Waals surface area contributed by atoms with E-state index in [1.807, 2.05) is 13.8 Å². The first-order valence-corrected chi connectivity index (χ1v) is 12.7. The van der Waals surface area contributed by atoms with Crippen LogP contribution in [-0.4, -0.2) is 5.78 Å². The zero-order valence-electron chi connectivity index (χ0n) is 19.6. The van der Waals surface area contributed by atoms with E-state index in [4.69, 9.17) is 0 Å². The van der Waals surface area contributed by atoms with Crippen molar-refractivity contribution in [3.05, 3.63) is 0 Å². The minimum atomic E-state index is 0.223. The summed E-state index contributed by atoms with van der Waals surface area (Å²) in [5, 5.41) is 0. The first-order valence-electron chi connectivity index (χ1n) is 12.7. The summed E-state index contributed by atoms with van der Waals surface area (Å²) in [7, 11) is 0. The molecule has 0 aliphatic carbocycles. The predicted octanol–water partition coefficient (Wildman–Crippen LogP) is 9.04. The second-order valence-corrected chi connectivity index (χ2v) is 8.88. The molecule has 0 heterocycles. The maximum absolute atomic E-state index is 11.5. The van der Waals surface area contributed by atoms with Gasteiger partial charge in [-0.3, -0.25) is 4.79 Å². The van der Waals surface area contributed by atoms with Gasteiger partial charge >= 0.3 is 0 Å².